The predicted molar refractivity (Wildman–Crippen MR) is 41.0 cm³/mol. The van der Waals surface area contributed by atoms with Crippen LogP contribution in [-0.2, 0) is 6.54 Å². The van der Waals surface area contributed by atoms with Crippen LogP contribution in [0.15, 0.2) is 12.7 Å². The predicted octanol–water partition coefficient (Wildman–Crippen LogP) is -0.112. The van der Waals surface area contributed by atoms with Crippen molar-refractivity contribution in [2.75, 3.05) is 13.1 Å². The highest BCUT2D eigenvalue weighted by Crippen LogP contribution is 2.09. The van der Waals surface area contributed by atoms with E-state index in [1.807, 2.05) is 4.57 Å². The molecule has 11 heavy (non-hydrogen) atoms. The summed E-state index contributed by atoms with van der Waals surface area (Å²) >= 11 is 0. The molecule has 0 aliphatic carbocycles. The molecule has 1 aromatic rings. The van der Waals surface area contributed by atoms with Crippen molar-refractivity contribution in [1.82, 2.24) is 20.1 Å². The van der Waals surface area contributed by atoms with Gasteiger partial charge in [0, 0.05) is 6.54 Å². The number of aromatic nitrogens is 3. The fourth-order valence-electron chi connectivity index (χ4n) is 1.48. The van der Waals surface area contributed by atoms with E-state index < -0.39 is 0 Å². The lowest BCUT2D eigenvalue weighted by Crippen LogP contribution is -2.13. The van der Waals surface area contributed by atoms with Crippen LogP contribution in [0.5, 0.6) is 0 Å². The molecule has 1 unspecified atom stereocenters. The minimum absolute atomic E-state index is 0.769. The molecule has 1 atom stereocenters. The van der Waals surface area contributed by atoms with E-state index >= 15 is 0 Å². The van der Waals surface area contributed by atoms with Crippen LogP contribution in [0.2, 0.25) is 0 Å². The molecule has 1 aromatic heterocycles. The summed E-state index contributed by atoms with van der Waals surface area (Å²) in [5.74, 6) is 0.769. The van der Waals surface area contributed by atoms with Crippen LogP contribution < -0.4 is 5.32 Å². The van der Waals surface area contributed by atoms with Gasteiger partial charge in [-0.05, 0) is 25.4 Å². The lowest BCUT2D eigenvalue weighted by Gasteiger charge is -2.06. The Labute approximate surface area is 65.6 Å². The Hall–Kier alpha value is -0.900. The maximum absolute atomic E-state index is 3.76. The standard InChI is InChI=1S/C7H12N4/c1-2-8-3-7(1)4-11-5-9-10-6-11/h5-8H,1-4H2. The van der Waals surface area contributed by atoms with E-state index in [0.29, 0.717) is 0 Å². The molecular weight excluding hydrogens is 140 g/mol. The van der Waals surface area contributed by atoms with Crippen molar-refractivity contribution in [1.29, 1.82) is 0 Å². The van der Waals surface area contributed by atoms with Crippen molar-refractivity contribution < 1.29 is 0 Å². The molecule has 0 saturated carbocycles. The monoisotopic (exact) mass is 152 g/mol. The summed E-state index contributed by atoms with van der Waals surface area (Å²) in [7, 11) is 0. The minimum atomic E-state index is 0.769. The second kappa shape index (κ2) is 3.00. The summed E-state index contributed by atoms with van der Waals surface area (Å²) < 4.78 is 2.04. The maximum Gasteiger partial charge on any atom is 0.119 e. The maximum atomic E-state index is 3.76. The lowest BCUT2D eigenvalue weighted by molar-refractivity contribution is 0.480. The van der Waals surface area contributed by atoms with Gasteiger partial charge in [-0.1, -0.05) is 0 Å². The highest BCUT2D eigenvalue weighted by atomic mass is 15.2. The van der Waals surface area contributed by atoms with Crippen molar-refractivity contribution in [3.63, 3.8) is 0 Å². The normalized spacial score (nSPS) is 24.2. The summed E-state index contributed by atoms with van der Waals surface area (Å²) in [5.41, 5.74) is 0. The minimum Gasteiger partial charge on any atom is -0.320 e. The lowest BCUT2D eigenvalue weighted by atomic mass is 10.1. The molecule has 1 aliphatic rings. The molecule has 1 fully saturated rings. The van der Waals surface area contributed by atoms with E-state index in [4.69, 9.17) is 0 Å². The summed E-state index contributed by atoms with van der Waals surface area (Å²) in [6.45, 7) is 3.35. The van der Waals surface area contributed by atoms with Crippen LogP contribution in [0.25, 0.3) is 0 Å². The Morgan fingerprint density at radius 2 is 2.27 bits per heavy atom. The van der Waals surface area contributed by atoms with Crippen molar-refractivity contribution in [2.45, 2.75) is 13.0 Å². The molecule has 0 radical (unpaired) electrons. The Balaban J connectivity index is 1.90. The number of hydrogen-bond donors (Lipinski definition) is 1. The van der Waals surface area contributed by atoms with Crippen LogP contribution in [0, 0.1) is 5.92 Å². The van der Waals surface area contributed by atoms with E-state index in [9.17, 15) is 0 Å². The number of rotatable bonds is 2. The summed E-state index contributed by atoms with van der Waals surface area (Å²) in [6, 6.07) is 0. The van der Waals surface area contributed by atoms with Crippen LogP contribution in [-0.4, -0.2) is 27.9 Å². The third kappa shape index (κ3) is 1.57. The van der Waals surface area contributed by atoms with E-state index in [0.717, 1.165) is 25.6 Å². The van der Waals surface area contributed by atoms with Crippen LogP contribution in [0.4, 0.5) is 0 Å². The highest BCUT2D eigenvalue weighted by Gasteiger charge is 2.14. The van der Waals surface area contributed by atoms with E-state index in [1.54, 1.807) is 12.7 Å². The fraction of sp³-hybridized carbons (Fsp3) is 0.714. The van der Waals surface area contributed by atoms with Crippen molar-refractivity contribution >= 4 is 0 Å². The van der Waals surface area contributed by atoms with Crippen LogP contribution in [0.3, 0.4) is 0 Å². The first-order valence-electron chi connectivity index (χ1n) is 3.98. The van der Waals surface area contributed by atoms with Gasteiger partial charge in [0.15, 0.2) is 0 Å². The molecule has 1 aliphatic heterocycles. The molecule has 1 saturated heterocycles. The summed E-state index contributed by atoms with van der Waals surface area (Å²) in [5, 5.41) is 10.8. The van der Waals surface area contributed by atoms with Gasteiger partial charge in [-0.2, -0.15) is 0 Å². The van der Waals surface area contributed by atoms with Gasteiger partial charge in [0.25, 0.3) is 0 Å². The highest BCUT2D eigenvalue weighted by molar-refractivity contribution is 4.73. The van der Waals surface area contributed by atoms with E-state index in [-0.39, 0.29) is 0 Å². The Morgan fingerprint density at radius 1 is 1.45 bits per heavy atom. The summed E-state index contributed by atoms with van der Waals surface area (Å²) in [6.07, 6.45) is 4.83. The zero-order chi connectivity index (χ0) is 7.52. The molecule has 2 heterocycles. The number of nitrogens with zero attached hydrogens (tertiary/aromatic N) is 3. The second-order valence-corrected chi connectivity index (χ2v) is 3.02. The second-order valence-electron chi connectivity index (χ2n) is 3.02. The molecular formula is C7H12N4. The Kier molecular flexibility index (Phi) is 1.85. The van der Waals surface area contributed by atoms with Gasteiger partial charge in [0.1, 0.15) is 12.7 Å². The third-order valence-corrected chi connectivity index (χ3v) is 2.10. The van der Waals surface area contributed by atoms with E-state index in [2.05, 4.69) is 15.5 Å². The summed E-state index contributed by atoms with van der Waals surface area (Å²) in [4.78, 5) is 0. The molecule has 60 valence electrons. The van der Waals surface area contributed by atoms with E-state index in [1.165, 1.54) is 6.42 Å². The Morgan fingerprint density at radius 3 is 2.91 bits per heavy atom. The van der Waals surface area contributed by atoms with Gasteiger partial charge in [-0.25, -0.2) is 0 Å². The number of hydrogen-bond acceptors (Lipinski definition) is 3. The van der Waals surface area contributed by atoms with Gasteiger partial charge >= 0.3 is 0 Å². The molecule has 0 bridgehead atoms. The zero-order valence-corrected chi connectivity index (χ0v) is 6.40. The smallest absolute Gasteiger partial charge is 0.119 e. The first-order valence-corrected chi connectivity index (χ1v) is 3.98. The first-order chi connectivity index (χ1) is 5.45. The largest absolute Gasteiger partial charge is 0.320 e. The van der Waals surface area contributed by atoms with Gasteiger partial charge in [0.05, 0.1) is 0 Å². The molecule has 1 N–H and O–H groups in total. The molecule has 0 aromatic carbocycles. The Bertz CT molecular complexity index is 200. The fourth-order valence-corrected chi connectivity index (χ4v) is 1.48. The average Bonchev–Trinajstić information content (AvgIpc) is 2.60. The number of nitrogens with one attached hydrogen (secondary N) is 1. The molecule has 0 spiro atoms. The van der Waals surface area contributed by atoms with Crippen molar-refractivity contribution in [2.24, 2.45) is 5.92 Å². The van der Waals surface area contributed by atoms with Gasteiger partial charge in [0.2, 0.25) is 0 Å². The average molecular weight is 152 g/mol. The quantitative estimate of drug-likeness (QED) is 0.643. The first kappa shape index (κ1) is 6.79. The van der Waals surface area contributed by atoms with Crippen LogP contribution >= 0.6 is 0 Å². The van der Waals surface area contributed by atoms with Crippen LogP contribution in [0.1, 0.15) is 6.42 Å². The van der Waals surface area contributed by atoms with Crippen molar-refractivity contribution in [3.05, 3.63) is 12.7 Å². The third-order valence-electron chi connectivity index (χ3n) is 2.10. The molecule has 4 heteroatoms. The van der Waals surface area contributed by atoms with Gasteiger partial charge in [-0.3, -0.25) is 0 Å². The topological polar surface area (TPSA) is 42.7 Å². The molecule has 4 nitrogen and oxygen atoms in total. The van der Waals surface area contributed by atoms with Crippen molar-refractivity contribution in [3.8, 4) is 0 Å². The van der Waals surface area contributed by atoms with Gasteiger partial charge < -0.3 is 9.88 Å². The molecule has 0 amide bonds. The van der Waals surface area contributed by atoms with Gasteiger partial charge in [-0.15, -0.1) is 10.2 Å². The zero-order valence-electron chi connectivity index (χ0n) is 6.40. The SMILES string of the molecule is c1nncn1CC1CCNC1. The molecule has 2 rings (SSSR count).